The van der Waals surface area contributed by atoms with Gasteiger partial charge in [-0.2, -0.15) is 0 Å². The zero-order valence-corrected chi connectivity index (χ0v) is 12.6. The van der Waals surface area contributed by atoms with E-state index in [-0.39, 0.29) is 16.5 Å². The molecule has 5 nitrogen and oxygen atoms in total. The van der Waals surface area contributed by atoms with Crippen LogP contribution >= 0.6 is 11.6 Å². The molecular formula is C12H19ClN2O3S. The number of nitrogen functional groups attached to an aromatic ring is 1. The Balaban J connectivity index is 3.17. The van der Waals surface area contributed by atoms with Crippen molar-refractivity contribution >= 4 is 27.3 Å². The Morgan fingerprint density at radius 1 is 1.37 bits per heavy atom. The van der Waals surface area contributed by atoms with Crippen molar-refractivity contribution in [2.75, 3.05) is 12.3 Å². The highest BCUT2D eigenvalue weighted by molar-refractivity contribution is 7.89. The minimum absolute atomic E-state index is 0.0388. The molecule has 0 aliphatic rings. The van der Waals surface area contributed by atoms with E-state index >= 15 is 0 Å². The molecule has 0 aliphatic heterocycles. The molecule has 1 rings (SSSR count). The average Bonchev–Trinajstić information content (AvgIpc) is 2.35. The molecule has 0 atom stereocenters. The molecule has 0 aromatic heterocycles. The van der Waals surface area contributed by atoms with Gasteiger partial charge in [-0.1, -0.05) is 25.4 Å². The van der Waals surface area contributed by atoms with Gasteiger partial charge in [0.15, 0.2) is 0 Å². The predicted molar refractivity (Wildman–Crippen MR) is 76.6 cm³/mol. The highest BCUT2D eigenvalue weighted by atomic mass is 35.5. The van der Waals surface area contributed by atoms with E-state index in [9.17, 15) is 13.5 Å². The molecular weight excluding hydrogens is 288 g/mol. The monoisotopic (exact) mass is 306 g/mol. The lowest BCUT2D eigenvalue weighted by Crippen LogP contribution is -2.50. The summed E-state index contributed by atoms with van der Waals surface area (Å²) in [5.74, 6) is 0. The molecule has 0 spiro atoms. The number of anilines is 1. The fourth-order valence-electron chi connectivity index (χ4n) is 1.73. The van der Waals surface area contributed by atoms with Crippen LogP contribution in [0, 0.1) is 0 Å². The van der Waals surface area contributed by atoms with Crippen LogP contribution in [-0.2, 0) is 10.0 Å². The lowest BCUT2D eigenvalue weighted by Gasteiger charge is -2.30. The summed E-state index contributed by atoms with van der Waals surface area (Å²) in [6.07, 6.45) is 0.956. The molecule has 0 fully saturated rings. The van der Waals surface area contributed by atoms with Gasteiger partial charge < -0.3 is 10.8 Å². The minimum atomic E-state index is -3.80. The van der Waals surface area contributed by atoms with Gasteiger partial charge in [0.1, 0.15) is 4.90 Å². The topological polar surface area (TPSA) is 92.4 Å². The van der Waals surface area contributed by atoms with Crippen molar-refractivity contribution in [3.05, 3.63) is 23.2 Å². The number of aliphatic hydroxyl groups is 1. The number of rotatable bonds is 6. The second kappa shape index (κ2) is 6.09. The van der Waals surface area contributed by atoms with Gasteiger partial charge in [0.05, 0.1) is 17.2 Å². The molecule has 0 saturated heterocycles. The van der Waals surface area contributed by atoms with Crippen molar-refractivity contribution in [1.82, 2.24) is 4.72 Å². The van der Waals surface area contributed by atoms with E-state index < -0.39 is 15.6 Å². The molecule has 1 aromatic carbocycles. The summed E-state index contributed by atoms with van der Waals surface area (Å²) in [7, 11) is -3.80. The Bertz CT molecular complexity index is 534. The predicted octanol–water partition coefficient (Wildman–Crippen LogP) is 1.75. The lowest BCUT2D eigenvalue weighted by molar-refractivity contribution is 0.172. The maximum atomic E-state index is 12.3. The van der Waals surface area contributed by atoms with Crippen molar-refractivity contribution in [3.8, 4) is 0 Å². The van der Waals surface area contributed by atoms with Gasteiger partial charge >= 0.3 is 0 Å². The molecule has 19 heavy (non-hydrogen) atoms. The van der Waals surface area contributed by atoms with E-state index in [0.29, 0.717) is 18.5 Å². The first-order chi connectivity index (χ1) is 8.80. The molecule has 0 saturated carbocycles. The summed E-state index contributed by atoms with van der Waals surface area (Å²) >= 11 is 5.91. The standard InChI is InChI=1S/C12H19ClN2O3S/c1-3-12(4-2,8-16)15-19(17,18)11-6-5-9(14)7-10(11)13/h5-7,15-16H,3-4,8,14H2,1-2H3. The molecule has 7 heteroatoms. The Morgan fingerprint density at radius 3 is 2.37 bits per heavy atom. The first kappa shape index (κ1) is 16.2. The van der Waals surface area contributed by atoms with Crippen LogP contribution in [0.1, 0.15) is 26.7 Å². The van der Waals surface area contributed by atoms with Crippen LogP contribution in [-0.4, -0.2) is 25.7 Å². The van der Waals surface area contributed by atoms with Gasteiger partial charge in [-0.05, 0) is 31.0 Å². The smallest absolute Gasteiger partial charge is 0.242 e. The molecule has 4 N–H and O–H groups in total. The molecule has 0 amide bonds. The van der Waals surface area contributed by atoms with Crippen molar-refractivity contribution in [3.63, 3.8) is 0 Å². The first-order valence-electron chi connectivity index (χ1n) is 6.00. The van der Waals surface area contributed by atoms with Gasteiger partial charge in [0, 0.05) is 5.69 Å². The Labute approximate surface area is 118 Å². The van der Waals surface area contributed by atoms with Gasteiger partial charge in [0.25, 0.3) is 0 Å². The number of halogens is 1. The van der Waals surface area contributed by atoms with Gasteiger partial charge in [-0.15, -0.1) is 0 Å². The van der Waals surface area contributed by atoms with E-state index in [1.165, 1.54) is 18.2 Å². The Morgan fingerprint density at radius 2 is 1.95 bits per heavy atom. The lowest BCUT2D eigenvalue weighted by atomic mass is 9.96. The highest BCUT2D eigenvalue weighted by Gasteiger charge is 2.32. The van der Waals surface area contributed by atoms with E-state index in [1.807, 2.05) is 13.8 Å². The van der Waals surface area contributed by atoms with E-state index in [1.54, 1.807) is 0 Å². The van der Waals surface area contributed by atoms with Crippen LogP contribution in [0.3, 0.4) is 0 Å². The summed E-state index contributed by atoms with van der Waals surface area (Å²) < 4.78 is 27.1. The van der Waals surface area contributed by atoms with E-state index in [2.05, 4.69) is 4.72 Å². The number of hydrogen-bond acceptors (Lipinski definition) is 4. The van der Waals surface area contributed by atoms with E-state index in [4.69, 9.17) is 17.3 Å². The van der Waals surface area contributed by atoms with Crippen molar-refractivity contribution in [2.45, 2.75) is 37.1 Å². The van der Waals surface area contributed by atoms with Gasteiger partial charge in [0.2, 0.25) is 10.0 Å². The number of benzene rings is 1. The highest BCUT2D eigenvalue weighted by Crippen LogP contribution is 2.26. The number of hydrogen-bond donors (Lipinski definition) is 3. The van der Waals surface area contributed by atoms with Crippen LogP contribution in [0.2, 0.25) is 5.02 Å². The molecule has 1 aromatic rings. The van der Waals surface area contributed by atoms with Crippen molar-refractivity contribution in [1.29, 1.82) is 0 Å². The third kappa shape index (κ3) is 3.60. The van der Waals surface area contributed by atoms with Crippen LogP contribution in [0.4, 0.5) is 5.69 Å². The first-order valence-corrected chi connectivity index (χ1v) is 7.86. The molecule has 0 bridgehead atoms. The maximum Gasteiger partial charge on any atom is 0.242 e. The average molecular weight is 307 g/mol. The fourth-order valence-corrected chi connectivity index (χ4v) is 3.82. The number of nitrogens with one attached hydrogen (secondary N) is 1. The summed E-state index contributed by atoms with van der Waals surface area (Å²) in [4.78, 5) is -0.0388. The quantitative estimate of drug-likeness (QED) is 0.698. The fraction of sp³-hybridized carbons (Fsp3) is 0.500. The second-order valence-electron chi connectivity index (χ2n) is 4.44. The molecule has 0 radical (unpaired) electrons. The van der Waals surface area contributed by atoms with Crippen LogP contribution < -0.4 is 10.5 Å². The maximum absolute atomic E-state index is 12.3. The summed E-state index contributed by atoms with van der Waals surface area (Å²) in [6, 6.07) is 4.21. The van der Waals surface area contributed by atoms with Crippen LogP contribution in [0.25, 0.3) is 0 Å². The number of aliphatic hydroxyl groups excluding tert-OH is 1. The molecule has 0 aliphatic carbocycles. The Hall–Kier alpha value is -0.820. The third-order valence-electron chi connectivity index (χ3n) is 3.25. The van der Waals surface area contributed by atoms with Gasteiger partial charge in [-0.3, -0.25) is 0 Å². The minimum Gasteiger partial charge on any atom is -0.399 e. The summed E-state index contributed by atoms with van der Waals surface area (Å²) in [5.41, 5.74) is 5.06. The summed E-state index contributed by atoms with van der Waals surface area (Å²) in [5, 5.41) is 9.48. The van der Waals surface area contributed by atoms with Crippen LogP contribution in [0.15, 0.2) is 23.1 Å². The normalized spacial score (nSPS) is 12.6. The molecule has 0 heterocycles. The van der Waals surface area contributed by atoms with Gasteiger partial charge in [-0.25, -0.2) is 13.1 Å². The Kier molecular flexibility index (Phi) is 5.20. The van der Waals surface area contributed by atoms with Crippen LogP contribution in [0.5, 0.6) is 0 Å². The largest absolute Gasteiger partial charge is 0.399 e. The summed E-state index contributed by atoms with van der Waals surface area (Å²) in [6.45, 7) is 3.35. The second-order valence-corrected chi connectivity index (χ2v) is 6.50. The molecule has 0 unspecified atom stereocenters. The third-order valence-corrected chi connectivity index (χ3v) is 5.31. The molecule has 108 valence electrons. The zero-order valence-electron chi connectivity index (χ0n) is 11.0. The SMILES string of the molecule is CCC(CC)(CO)NS(=O)(=O)c1ccc(N)cc1Cl. The zero-order chi connectivity index (χ0) is 14.7. The van der Waals surface area contributed by atoms with Crippen molar-refractivity contribution in [2.24, 2.45) is 0 Å². The van der Waals surface area contributed by atoms with E-state index in [0.717, 1.165) is 0 Å². The van der Waals surface area contributed by atoms with Crippen molar-refractivity contribution < 1.29 is 13.5 Å². The number of nitrogens with two attached hydrogens (primary N) is 1. The number of sulfonamides is 1.